The average molecular weight is 468 g/mol. The van der Waals surface area contributed by atoms with Gasteiger partial charge >= 0.3 is 6.18 Å². The first-order valence-electron chi connectivity index (χ1n) is 10.5. The molecule has 33 heavy (non-hydrogen) atoms. The Bertz CT molecular complexity index is 1070. The summed E-state index contributed by atoms with van der Waals surface area (Å²) in [6.45, 7) is 1.12. The summed E-state index contributed by atoms with van der Waals surface area (Å²) in [7, 11) is 0. The van der Waals surface area contributed by atoms with Gasteiger partial charge in [-0.15, -0.1) is 0 Å². The number of carbonyl (C=O) groups is 1. The van der Waals surface area contributed by atoms with Gasteiger partial charge in [0.2, 0.25) is 5.92 Å². The molecule has 176 valence electrons. The van der Waals surface area contributed by atoms with Crippen molar-refractivity contribution in [3.05, 3.63) is 46.8 Å². The normalized spacial score (nSPS) is 19.1. The van der Waals surface area contributed by atoms with Gasteiger partial charge in [-0.05, 0) is 38.0 Å². The molecule has 1 atom stereocenters. The molecule has 0 spiro atoms. The molecular formula is C22H21F5N4O2. The lowest BCUT2D eigenvalue weighted by molar-refractivity contribution is -0.189. The third-order valence-electron chi connectivity index (χ3n) is 6.05. The van der Waals surface area contributed by atoms with Gasteiger partial charge in [0.25, 0.3) is 5.91 Å². The molecule has 1 amide bonds. The summed E-state index contributed by atoms with van der Waals surface area (Å²) < 4.78 is 72.4. The zero-order valence-corrected chi connectivity index (χ0v) is 17.7. The van der Waals surface area contributed by atoms with E-state index in [1.54, 1.807) is 10.9 Å². The minimum Gasteiger partial charge on any atom is -0.480 e. The lowest BCUT2D eigenvalue weighted by Gasteiger charge is -2.28. The number of aromatic nitrogens is 2. The van der Waals surface area contributed by atoms with E-state index in [0.717, 1.165) is 12.5 Å². The van der Waals surface area contributed by atoms with Crippen LogP contribution in [0.1, 0.15) is 65.8 Å². The van der Waals surface area contributed by atoms with Crippen molar-refractivity contribution < 1.29 is 31.5 Å². The Morgan fingerprint density at radius 3 is 2.58 bits per heavy atom. The Morgan fingerprint density at radius 2 is 1.97 bits per heavy atom. The van der Waals surface area contributed by atoms with Crippen molar-refractivity contribution in [2.45, 2.75) is 69.9 Å². The summed E-state index contributed by atoms with van der Waals surface area (Å²) >= 11 is 0. The number of ether oxygens (including phenoxy) is 1. The van der Waals surface area contributed by atoms with Gasteiger partial charge in [0.05, 0.1) is 35.5 Å². The predicted octanol–water partition coefficient (Wildman–Crippen LogP) is 4.99. The van der Waals surface area contributed by atoms with Crippen LogP contribution < -0.4 is 4.74 Å². The van der Waals surface area contributed by atoms with E-state index in [2.05, 4.69) is 5.10 Å². The van der Waals surface area contributed by atoms with Crippen LogP contribution in [0.5, 0.6) is 5.75 Å². The quantitative estimate of drug-likeness (QED) is 0.593. The van der Waals surface area contributed by atoms with Crippen LogP contribution >= 0.6 is 0 Å². The average Bonchev–Trinajstić information content (AvgIpc) is 3.32. The molecule has 2 aromatic rings. The fourth-order valence-corrected chi connectivity index (χ4v) is 4.09. The lowest BCUT2D eigenvalue weighted by atomic mass is 9.92. The van der Waals surface area contributed by atoms with Gasteiger partial charge in [-0.1, -0.05) is 0 Å². The summed E-state index contributed by atoms with van der Waals surface area (Å²) in [5.74, 6) is -3.49. The molecule has 2 aliphatic rings. The van der Waals surface area contributed by atoms with Gasteiger partial charge < -0.3 is 9.64 Å². The van der Waals surface area contributed by atoms with E-state index in [9.17, 15) is 26.7 Å². The van der Waals surface area contributed by atoms with E-state index >= 15 is 0 Å². The topological polar surface area (TPSA) is 71.2 Å². The third kappa shape index (κ3) is 4.79. The molecule has 2 heterocycles. The fraction of sp³-hybridized carbons (Fsp3) is 0.500. The van der Waals surface area contributed by atoms with Gasteiger partial charge in [0.15, 0.2) is 6.10 Å². The highest BCUT2D eigenvalue weighted by Crippen LogP contribution is 2.39. The Morgan fingerprint density at radius 1 is 1.27 bits per heavy atom. The molecule has 1 aliphatic heterocycles. The molecule has 6 nitrogen and oxygen atoms in total. The Kier molecular flexibility index (Phi) is 5.80. The van der Waals surface area contributed by atoms with Crippen LogP contribution in [0.15, 0.2) is 24.4 Å². The Hall–Kier alpha value is -3.16. The maximum atomic E-state index is 13.4. The van der Waals surface area contributed by atoms with E-state index in [4.69, 9.17) is 10.00 Å². The van der Waals surface area contributed by atoms with Crippen LogP contribution in [-0.2, 0) is 13.1 Å². The first-order valence-corrected chi connectivity index (χ1v) is 10.5. The molecule has 1 aromatic carbocycles. The molecule has 0 saturated heterocycles. The van der Waals surface area contributed by atoms with Crippen LogP contribution in [0.4, 0.5) is 22.0 Å². The number of amides is 1. The van der Waals surface area contributed by atoms with Crippen LogP contribution in [0.3, 0.4) is 0 Å². The number of rotatable bonds is 4. The van der Waals surface area contributed by atoms with Crippen LogP contribution in [-0.4, -0.2) is 38.8 Å². The summed E-state index contributed by atoms with van der Waals surface area (Å²) in [5.41, 5.74) is 1.34. The molecule has 0 radical (unpaired) electrons. The molecule has 1 aliphatic carbocycles. The number of halogens is 5. The summed E-state index contributed by atoms with van der Waals surface area (Å²) in [6, 6.07) is 5.41. The van der Waals surface area contributed by atoms with Crippen LogP contribution in [0, 0.1) is 11.3 Å². The Balaban J connectivity index is 1.50. The number of hydrogen-bond donors (Lipinski definition) is 0. The molecule has 1 saturated carbocycles. The van der Waals surface area contributed by atoms with Crippen molar-refractivity contribution >= 4 is 5.91 Å². The van der Waals surface area contributed by atoms with Crippen molar-refractivity contribution in [2.75, 3.05) is 0 Å². The highest BCUT2D eigenvalue weighted by molar-refractivity contribution is 5.97. The number of nitriles is 1. The fourth-order valence-electron chi connectivity index (χ4n) is 4.09. The van der Waals surface area contributed by atoms with E-state index in [0.29, 0.717) is 18.5 Å². The van der Waals surface area contributed by atoms with E-state index in [1.807, 2.05) is 6.07 Å². The molecular weight excluding hydrogens is 447 g/mol. The predicted molar refractivity (Wildman–Crippen MR) is 106 cm³/mol. The standard InChI is InChI=1S/C22H21F5N4O2/c1-13(22(25,26)27)33-19-3-2-14(9-28)8-17(19)20(32)30-10-15-11-31(29-18(15)12-30)16-4-6-21(23,24)7-5-16/h2-3,8,11,13,16H,4-7,10,12H2,1H3. The largest absolute Gasteiger partial charge is 0.480 e. The first-order chi connectivity index (χ1) is 15.5. The van der Waals surface area contributed by atoms with E-state index < -0.39 is 24.1 Å². The lowest BCUT2D eigenvalue weighted by Crippen LogP contribution is -2.33. The maximum Gasteiger partial charge on any atom is 0.425 e. The van der Waals surface area contributed by atoms with E-state index in [-0.39, 0.29) is 48.8 Å². The molecule has 1 unspecified atom stereocenters. The monoisotopic (exact) mass is 468 g/mol. The summed E-state index contributed by atoms with van der Waals surface area (Å²) in [6.07, 6.45) is -4.78. The molecule has 1 fully saturated rings. The van der Waals surface area contributed by atoms with Crippen molar-refractivity contribution in [2.24, 2.45) is 0 Å². The maximum absolute atomic E-state index is 13.4. The second kappa shape index (κ2) is 8.32. The minimum absolute atomic E-state index is 0.113. The molecule has 4 rings (SSSR count). The second-order valence-electron chi connectivity index (χ2n) is 8.45. The minimum atomic E-state index is -4.62. The number of benzene rings is 1. The molecule has 0 N–H and O–H groups in total. The number of fused-ring (bicyclic) bond motifs is 1. The molecule has 1 aromatic heterocycles. The zero-order chi connectivity index (χ0) is 24.0. The SMILES string of the molecule is CC(Oc1ccc(C#N)cc1C(=O)N1Cc2cn(C3CCC(F)(F)CC3)nc2C1)C(F)(F)F. The van der Waals surface area contributed by atoms with Gasteiger partial charge in [-0.25, -0.2) is 8.78 Å². The van der Waals surface area contributed by atoms with Crippen molar-refractivity contribution in [3.63, 3.8) is 0 Å². The number of carbonyl (C=O) groups excluding carboxylic acids is 1. The summed E-state index contributed by atoms with van der Waals surface area (Å²) in [4.78, 5) is 14.5. The van der Waals surface area contributed by atoms with Crippen molar-refractivity contribution in [1.82, 2.24) is 14.7 Å². The highest BCUT2D eigenvalue weighted by atomic mass is 19.4. The number of hydrogen-bond acceptors (Lipinski definition) is 4. The summed E-state index contributed by atoms with van der Waals surface area (Å²) in [5, 5.41) is 13.6. The van der Waals surface area contributed by atoms with Crippen LogP contribution in [0.2, 0.25) is 0 Å². The van der Waals surface area contributed by atoms with E-state index in [1.165, 1.54) is 23.1 Å². The first kappa shape index (κ1) is 23.0. The third-order valence-corrected chi connectivity index (χ3v) is 6.05. The number of alkyl halides is 5. The van der Waals surface area contributed by atoms with Crippen molar-refractivity contribution in [3.8, 4) is 11.8 Å². The molecule has 0 bridgehead atoms. The smallest absolute Gasteiger partial charge is 0.425 e. The molecule has 11 heteroatoms. The number of nitrogens with zero attached hydrogens (tertiary/aromatic N) is 4. The zero-order valence-electron chi connectivity index (χ0n) is 17.7. The highest BCUT2D eigenvalue weighted by Gasteiger charge is 2.39. The van der Waals surface area contributed by atoms with Gasteiger partial charge in [0.1, 0.15) is 5.75 Å². The van der Waals surface area contributed by atoms with Gasteiger partial charge in [0, 0.05) is 31.1 Å². The van der Waals surface area contributed by atoms with Gasteiger partial charge in [-0.3, -0.25) is 9.48 Å². The second-order valence-corrected chi connectivity index (χ2v) is 8.45. The Labute approximate surface area is 186 Å². The van der Waals surface area contributed by atoms with Gasteiger partial charge in [-0.2, -0.15) is 23.5 Å². The van der Waals surface area contributed by atoms with Crippen molar-refractivity contribution in [1.29, 1.82) is 5.26 Å². The van der Waals surface area contributed by atoms with Crippen LogP contribution in [0.25, 0.3) is 0 Å².